The third kappa shape index (κ3) is 41.4. The summed E-state index contributed by atoms with van der Waals surface area (Å²) in [4.78, 5) is 13.1. The van der Waals surface area contributed by atoms with Gasteiger partial charge in [-0.3, -0.25) is 4.79 Å². The molecule has 1 amide bonds. The minimum atomic E-state index is -1.57. The van der Waals surface area contributed by atoms with Gasteiger partial charge in [0.1, 0.15) is 24.4 Å². The van der Waals surface area contributed by atoms with Crippen LogP contribution in [0.25, 0.3) is 0 Å². The Hall–Kier alpha value is -1.59. The number of hydrogen-bond acceptors (Lipinski definition) is 8. The van der Waals surface area contributed by atoms with E-state index in [1.165, 1.54) is 231 Å². The highest BCUT2D eigenvalue weighted by atomic mass is 16.7. The molecule has 0 aromatic rings. The van der Waals surface area contributed by atoms with Gasteiger partial charge in [-0.05, 0) is 44.9 Å². The van der Waals surface area contributed by atoms with Gasteiger partial charge in [0.25, 0.3) is 0 Å². The summed E-state index contributed by atoms with van der Waals surface area (Å²) in [5.74, 6) is -0.185. The summed E-state index contributed by atoms with van der Waals surface area (Å²) in [5, 5.41) is 54.5. The van der Waals surface area contributed by atoms with Crippen LogP contribution in [-0.2, 0) is 14.3 Å². The summed E-state index contributed by atoms with van der Waals surface area (Å²) in [5.41, 5.74) is 0. The van der Waals surface area contributed by atoms with Gasteiger partial charge in [-0.25, -0.2) is 0 Å². The molecule has 0 spiro atoms. The van der Waals surface area contributed by atoms with Crippen LogP contribution < -0.4 is 5.32 Å². The zero-order valence-electron chi connectivity index (χ0n) is 46.5. The van der Waals surface area contributed by atoms with Crippen LogP contribution in [0.1, 0.15) is 296 Å². The standard InChI is InChI=1S/C62H117NO8/c1-3-5-7-9-11-13-15-17-19-21-23-24-25-26-27-28-29-30-31-32-34-36-38-40-42-44-46-48-50-52-58(66)63-55(54-70-62-61(69)60(68)59(67)57(53-64)71-62)56(65)51-49-47-45-43-41-39-37-35-33-22-20-18-16-14-12-10-8-6-4-2/h33,35,41,43,49,51,55-57,59-62,64-65,67-69H,3-32,34,36-40,42,44-48,50,52-54H2,1-2H3,(H,63,66)/b35-33+,43-41+,51-49+. The SMILES string of the molecule is CCCCCCCCCCC/C=C/CC/C=C/CC/C=C/C(O)C(COC1OC(CO)C(O)C(O)C1O)NC(=O)CCCCCCCCCCCCCCCCCCCCCCCCCCCCCCC. The third-order valence-corrected chi connectivity index (χ3v) is 14.7. The molecule has 1 aliphatic heterocycles. The van der Waals surface area contributed by atoms with E-state index >= 15 is 0 Å². The summed E-state index contributed by atoms with van der Waals surface area (Å²) in [7, 11) is 0. The molecule has 418 valence electrons. The van der Waals surface area contributed by atoms with Crippen molar-refractivity contribution < 1.29 is 39.8 Å². The molecule has 1 rings (SSSR count). The first-order valence-electron chi connectivity index (χ1n) is 30.7. The highest BCUT2D eigenvalue weighted by molar-refractivity contribution is 5.76. The molecule has 6 N–H and O–H groups in total. The number of ether oxygens (including phenoxy) is 2. The summed E-state index contributed by atoms with van der Waals surface area (Å²) >= 11 is 0. The first-order chi connectivity index (χ1) is 34.8. The number of hydrogen-bond donors (Lipinski definition) is 6. The topological polar surface area (TPSA) is 149 Å². The van der Waals surface area contributed by atoms with Crippen molar-refractivity contribution in [1.82, 2.24) is 5.32 Å². The molecule has 0 bridgehead atoms. The van der Waals surface area contributed by atoms with Crippen molar-refractivity contribution in [1.29, 1.82) is 0 Å². The molecule has 9 heteroatoms. The molecule has 1 saturated heterocycles. The van der Waals surface area contributed by atoms with E-state index in [-0.39, 0.29) is 12.5 Å². The number of nitrogens with one attached hydrogen (secondary N) is 1. The quantitative estimate of drug-likeness (QED) is 0.0261. The van der Waals surface area contributed by atoms with Gasteiger partial charge in [0.05, 0.1) is 25.4 Å². The van der Waals surface area contributed by atoms with Crippen LogP contribution in [0.4, 0.5) is 0 Å². The predicted octanol–water partition coefficient (Wildman–Crippen LogP) is 15.5. The molecule has 0 aromatic carbocycles. The normalized spacial score (nSPS) is 19.5. The molecular weight excluding hydrogens is 887 g/mol. The number of amides is 1. The second-order valence-corrected chi connectivity index (χ2v) is 21.5. The van der Waals surface area contributed by atoms with Gasteiger partial charge >= 0.3 is 0 Å². The second-order valence-electron chi connectivity index (χ2n) is 21.5. The Morgan fingerprint density at radius 2 is 0.803 bits per heavy atom. The Balaban J connectivity index is 2.18. The summed E-state index contributed by atoms with van der Waals surface area (Å²) in [6, 6.07) is -0.826. The number of aliphatic hydroxyl groups is 5. The molecule has 0 radical (unpaired) electrons. The second kappa shape index (κ2) is 51.9. The van der Waals surface area contributed by atoms with E-state index in [1.54, 1.807) is 6.08 Å². The lowest BCUT2D eigenvalue weighted by atomic mass is 9.99. The van der Waals surface area contributed by atoms with Crippen LogP contribution in [0, 0.1) is 0 Å². The lowest BCUT2D eigenvalue weighted by Crippen LogP contribution is -2.60. The average molecular weight is 1000 g/mol. The Morgan fingerprint density at radius 3 is 1.18 bits per heavy atom. The molecule has 71 heavy (non-hydrogen) atoms. The number of carbonyl (C=O) groups is 1. The predicted molar refractivity (Wildman–Crippen MR) is 300 cm³/mol. The Morgan fingerprint density at radius 1 is 0.465 bits per heavy atom. The van der Waals surface area contributed by atoms with Crippen molar-refractivity contribution in [2.75, 3.05) is 13.2 Å². The van der Waals surface area contributed by atoms with Crippen LogP contribution in [0.15, 0.2) is 36.5 Å². The first kappa shape index (κ1) is 67.4. The van der Waals surface area contributed by atoms with Crippen molar-refractivity contribution in [2.24, 2.45) is 0 Å². The lowest BCUT2D eigenvalue weighted by Gasteiger charge is -2.40. The van der Waals surface area contributed by atoms with Crippen molar-refractivity contribution in [2.45, 2.75) is 339 Å². The van der Waals surface area contributed by atoms with E-state index in [2.05, 4.69) is 43.5 Å². The molecule has 0 aromatic heterocycles. The molecule has 1 aliphatic rings. The molecular formula is C62H117NO8. The number of unbranched alkanes of at least 4 members (excludes halogenated alkanes) is 39. The number of carbonyl (C=O) groups excluding carboxylic acids is 1. The van der Waals surface area contributed by atoms with E-state index in [9.17, 15) is 30.3 Å². The van der Waals surface area contributed by atoms with Crippen molar-refractivity contribution in [3.63, 3.8) is 0 Å². The maximum absolute atomic E-state index is 13.1. The maximum atomic E-state index is 13.1. The van der Waals surface area contributed by atoms with Gasteiger partial charge in [0, 0.05) is 6.42 Å². The summed E-state index contributed by atoms with van der Waals surface area (Å²) in [6.45, 7) is 3.79. The van der Waals surface area contributed by atoms with Crippen LogP contribution in [0.2, 0.25) is 0 Å². The average Bonchev–Trinajstić information content (AvgIpc) is 3.37. The smallest absolute Gasteiger partial charge is 0.220 e. The Labute approximate surface area is 438 Å². The van der Waals surface area contributed by atoms with Gasteiger partial charge in [-0.2, -0.15) is 0 Å². The Bertz CT molecular complexity index is 1210. The van der Waals surface area contributed by atoms with Gasteiger partial charge in [0.2, 0.25) is 5.91 Å². The molecule has 9 nitrogen and oxygen atoms in total. The third-order valence-electron chi connectivity index (χ3n) is 14.7. The molecule has 7 atom stereocenters. The van der Waals surface area contributed by atoms with Crippen molar-refractivity contribution in [3.05, 3.63) is 36.5 Å². The van der Waals surface area contributed by atoms with Gasteiger partial charge in [-0.15, -0.1) is 0 Å². The van der Waals surface area contributed by atoms with Gasteiger partial charge in [0.15, 0.2) is 6.29 Å². The fraction of sp³-hybridized carbons (Fsp3) is 0.887. The highest BCUT2D eigenvalue weighted by Gasteiger charge is 2.44. The fourth-order valence-corrected chi connectivity index (χ4v) is 9.84. The molecule has 1 fully saturated rings. The Kier molecular flexibility index (Phi) is 49.3. The van der Waals surface area contributed by atoms with E-state index in [0.29, 0.717) is 6.42 Å². The highest BCUT2D eigenvalue weighted by Crippen LogP contribution is 2.23. The van der Waals surface area contributed by atoms with E-state index in [0.717, 1.165) is 44.9 Å². The monoisotopic (exact) mass is 1000 g/mol. The number of aliphatic hydroxyl groups excluding tert-OH is 5. The lowest BCUT2D eigenvalue weighted by molar-refractivity contribution is -0.302. The van der Waals surface area contributed by atoms with E-state index in [4.69, 9.17) is 9.47 Å². The molecule has 1 heterocycles. The first-order valence-corrected chi connectivity index (χ1v) is 30.7. The molecule has 7 unspecified atom stereocenters. The maximum Gasteiger partial charge on any atom is 0.220 e. The fourth-order valence-electron chi connectivity index (χ4n) is 9.84. The van der Waals surface area contributed by atoms with Gasteiger partial charge in [-0.1, -0.05) is 281 Å². The zero-order valence-corrected chi connectivity index (χ0v) is 46.5. The minimum Gasteiger partial charge on any atom is -0.394 e. The summed E-state index contributed by atoms with van der Waals surface area (Å²) in [6.07, 6.45) is 60.9. The van der Waals surface area contributed by atoms with Crippen LogP contribution in [0.5, 0.6) is 0 Å². The number of rotatable bonds is 53. The van der Waals surface area contributed by atoms with E-state index in [1.807, 2.05) is 6.08 Å². The molecule has 0 saturated carbocycles. The number of allylic oxidation sites excluding steroid dienone is 5. The zero-order chi connectivity index (χ0) is 51.5. The van der Waals surface area contributed by atoms with Crippen LogP contribution in [0.3, 0.4) is 0 Å². The van der Waals surface area contributed by atoms with Crippen LogP contribution >= 0.6 is 0 Å². The minimum absolute atomic E-state index is 0.185. The molecule has 0 aliphatic carbocycles. The largest absolute Gasteiger partial charge is 0.394 e. The van der Waals surface area contributed by atoms with Crippen LogP contribution in [-0.4, -0.2) is 87.5 Å². The summed E-state index contributed by atoms with van der Waals surface area (Å²) < 4.78 is 11.3. The van der Waals surface area contributed by atoms with Crippen molar-refractivity contribution in [3.8, 4) is 0 Å². The van der Waals surface area contributed by atoms with E-state index < -0.39 is 49.5 Å². The van der Waals surface area contributed by atoms with Crippen molar-refractivity contribution >= 4 is 5.91 Å². The van der Waals surface area contributed by atoms with Gasteiger partial charge < -0.3 is 40.3 Å².